The van der Waals surface area contributed by atoms with E-state index in [-0.39, 0.29) is 6.09 Å². The molecule has 1 heterocycles. The van der Waals surface area contributed by atoms with Crippen molar-refractivity contribution >= 4 is 6.09 Å². The fourth-order valence-electron chi connectivity index (χ4n) is 2.02. The van der Waals surface area contributed by atoms with Gasteiger partial charge in [0, 0.05) is 19.5 Å². The van der Waals surface area contributed by atoms with Crippen molar-refractivity contribution in [2.75, 3.05) is 13.1 Å². The van der Waals surface area contributed by atoms with Crippen LogP contribution in [0.4, 0.5) is 4.79 Å². The third-order valence-electron chi connectivity index (χ3n) is 2.96. The van der Waals surface area contributed by atoms with Crippen LogP contribution in [0.15, 0.2) is 0 Å². The van der Waals surface area contributed by atoms with Crippen LogP contribution in [0.25, 0.3) is 0 Å². The molecule has 0 atom stereocenters. The molecule has 0 bridgehead atoms. The number of piperidine rings is 1. The third kappa shape index (κ3) is 5.12. The Morgan fingerprint density at radius 1 is 1.41 bits per heavy atom. The van der Waals surface area contributed by atoms with Gasteiger partial charge in [-0.1, -0.05) is 0 Å². The van der Waals surface area contributed by atoms with Gasteiger partial charge in [-0.05, 0) is 46.0 Å². The van der Waals surface area contributed by atoms with Crippen molar-refractivity contribution < 1.29 is 9.53 Å². The van der Waals surface area contributed by atoms with Crippen LogP contribution in [0.3, 0.4) is 0 Å². The predicted octanol–water partition coefficient (Wildman–Crippen LogP) is 3.05. The van der Waals surface area contributed by atoms with Crippen LogP contribution >= 0.6 is 0 Å². The van der Waals surface area contributed by atoms with Crippen molar-refractivity contribution in [3.05, 3.63) is 0 Å². The first-order valence-electron chi connectivity index (χ1n) is 6.34. The topological polar surface area (TPSA) is 29.5 Å². The van der Waals surface area contributed by atoms with E-state index in [1.54, 1.807) is 4.90 Å². The lowest BCUT2D eigenvalue weighted by atomic mass is 9.92. The van der Waals surface area contributed by atoms with Crippen LogP contribution < -0.4 is 0 Å². The van der Waals surface area contributed by atoms with E-state index in [0.717, 1.165) is 38.8 Å². The van der Waals surface area contributed by atoms with Crippen LogP contribution in [-0.4, -0.2) is 29.7 Å². The Labute approximate surface area is 105 Å². The molecule has 17 heavy (non-hydrogen) atoms. The van der Waals surface area contributed by atoms with Crippen LogP contribution in [0, 0.1) is 18.3 Å². The Bertz CT molecular complexity index is 290. The highest BCUT2D eigenvalue weighted by molar-refractivity contribution is 5.68. The normalized spacial score (nSPS) is 17.6. The molecular formula is C14H23NO2. The summed E-state index contributed by atoms with van der Waals surface area (Å²) >= 11 is 0. The number of amides is 1. The Balaban J connectivity index is 2.32. The summed E-state index contributed by atoms with van der Waals surface area (Å²) in [5.41, 5.74) is -0.405. The summed E-state index contributed by atoms with van der Waals surface area (Å²) in [5.74, 6) is 3.35. The molecule has 1 fully saturated rings. The molecule has 3 heteroatoms. The average Bonchev–Trinajstić information content (AvgIpc) is 2.24. The largest absolute Gasteiger partial charge is 0.444 e. The van der Waals surface area contributed by atoms with Crippen LogP contribution in [0.5, 0.6) is 0 Å². The van der Waals surface area contributed by atoms with Gasteiger partial charge in [-0.2, -0.15) is 0 Å². The molecule has 0 saturated carbocycles. The van der Waals surface area contributed by atoms with Crippen LogP contribution in [0.1, 0.15) is 46.5 Å². The molecule has 3 nitrogen and oxygen atoms in total. The molecule has 0 aliphatic carbocycles. The second-order valence-corrected chi connectivity index (χ2v) is 5.65. The third-order valence-corrected chi connectivity index (χ3v) is 2.96. The molecule has 96 valence electrons. The molecule has 1 aliphatic heterocycles. The molecule has 0 N–H and O–H groups in total. The van der Waals surface area contributed by atoms with Gasteiger partial charge in [0.05, 0.1) is 0 Å². The number of terminal acetylenes is 1. The Kier molecular flexibility index (Phi) is 4.86. The number of carbonyl (C=O) groups is 1. The second kappa shape index (κ2) is 5.95. The van der Waals surface area contributed by atoms with Gasteiger partial charge in [0.25, 0.3) is 0 Å². The zero-order chi connectivity index (χ0) is 12.9. The van der Waals surface area contributed by atoms with Crippen LogP contribution in [0.2, 0.25) is 0 Å². The number of ether oxygens (including phenoxy) is 1. The minimum atomic E-state index is -0.405. The lowest BCUT2D eigenvalue weighted by Crippen LogP contribution is -2.41. The van der Waals surface area contributed by atoms with Gasteiger partial charge in [-0.25, -0.2) is 4.79 Å². The van der Waals surface area contributed by atoms with Crippen molar-refractivity contribution in [1.82, 2.24) is 4.90 Å². The molecule has 1 aliphatic rings. The number of likely N-dealkylation sites (tertiary alicyclic amines) is 1. The molecule has 0 aromatic carbocycles. The van der Waals surface area contributed by atoms with E-state index in [9.17, 15) is 4.79 Å². The van der Waals surface area contributed by atoms with E-state index >= 15 is 0 Å². The lowest BCUT2D eigenvalue weighted by molar-refractivity contribution is 0.0182. The van der Waals surface area contributed by atoms with E-state index < -0.39 is 5.60 Å². The van der Waals surface area contributed by atoms with Crippen LogP contribution in [-0.2, 0) is 4.74 Å². The molecular weight excluding hydrogens is 214 g/mol. The molecule has 1 amide bonds. The Hall–Kier alpha value is -1.17. The molecule has 0 spiro atoms. The smallest absolute Gasteiger partial charge is 0.410 e. The van der Waals surface area contributed by atoms with Gasteiger partial charge in [0.2, 0.25) is 0 Å². The van der Waals surface area contributed by atoms with Gasteiger partial charge in [0.1, 0.15) is 5.60 Å². The molecule has 1 saturated heterocycles. The number of hydrogen-bond donors (Lipinski definition) is 0. The van der Waals surface area contributed by atoms with Gasteiger partial charge >= 0.3 is 6.09 Å². The van der Waals surface area contributed by atoms with Crippen molar-refractivity contribution in [2.45, 2.75) is 52.1 Å². The number of carbonyl (C=O) groups excluding carboxylic acids is 1. The van der Waals surface area contributed by atoms with E-state index in [1.807, 2.05) is 20.8 Å². The molecule has 0 aromatic rings. The van der Waals surface area contributed by atoms with Crippen molar-refractivity contribution in [1.29, 1.82) is 0 Å². The van der Waals surface area contributed by atoms with Crippen molar-refractivity contribution in [3.63, 3.8) is 0 Å². The maximum absolute atomic E-state index is 11.8. The summed E-state index contributed by atoms with van der Waals surface area (Å²) in [7, 11) is 0. The first-order valence-corrected chi connectivity index (χ1v) is 6.34. The van der Waals surface area contributed by atoms with Crippen molar-refractivity contribution in [3.8, 4) is 12.3 Å². The molecule has 0 radical (unpaired) electrons. The minimum Gasteiger partial charge on any atom is -0.444 e. The fraction of sp³-hybridized carbons (Fsp3) is 0.786. The zero-order valence-electron chi connectivity index (χ0n) is 11.2. The standard InChI is InChI=1S/C14H23NO2/c1-5-6-7-12-8-10-15(11-9-12)13(16)17-14(2,3)4/h1,12H,6-11H2,2-4H3. The Morgan fingerprint density at radius 2 is 2.00 bits per heavy atom. The predicted molar refractivity (Wildman–Crippen MR) is 68.6 cm³/mol. The summed E-state index contributed by atoms with van der Waals surface area (Å²) in [5, 5.41) is 0. The van der Waals surface area contributed by atoms with Crippen molar-refractivity contribution in [2.24, 2.45) is 5.92 Å². The summed E-state index contributed by atoms with van der Waals surface area (Å²) in [6.45, 7) is 7.27. The number of hydrogen-bond acceptors (Lipinski definition) is 2. The van der Waals surface area contributed by atoms with E-state index in [1.165, 1.54) is 0 Å². The number of rotatable bonds is 2. The van der Waals surface area contributed by atoms with Gasteiger partial charge in [-0.3, -0.25) is 0 Å². The SMILES string of the molecule is C#CCCC1CCN(C(=O)OC(C)(C)C)CC1. The molecule has 0 unspecified atom stereocenters. The molecule has 1 rings (SSSR count). The monoisotopic (exact) mass is 237 g/mol. The van der Waals surface area contributed by atoms with Gasteiger partial charge in [0.15, 0.2) is 0 Å². The van der Waals surface area contributed by atoms with Gasteiger partial charge in [-0.15, -0.1) is 12.3 Å². The maximum atomic E-state index is 11.8. The lowest BCUT2D eigenvalue weighted by Gasteiger charge is -2.33. The minimum absolute atomic E-state index is 0.187. The first-order chi connectivity index (χ1) is 7.92. The average molecular weight is 237 g/mol. The summed E-state index contributed by atoms with van der Waals surface area (Å²) in [4.78, 5) is 13.6. The van der Waals surface area contributed by atoms with E-state index in [4.69, 9.17) is 11.2 Å². The molecule has 0 aromatic heterocycles. The summed E-state index contributed by atoms with van der Waals surface area (Å²) in [6.07, 6.45) is 9.08. The highest BCUT2D eigenvalue weighted by Gasteiger charge is 2.26. The summed E-state index contributed by atoms with van der Waals surface area (Å²) in [6, 6.07) is 0. The Morgan fingerprint density at radius 3 is 2.47 bits per heavy atom. The van der Waals surface area contributed by atoms with E-state index in [2.05, 4.69) is 5.92 Å². The number of nitrogens with zero attached hydrogens (tertiary/aromatic N) is 1. The quantitative estimate of drug-likeness (QED) is 0.691. The summed E-state index contributed by atoms with van der Waals surface area (Å²) < 4.78 is 5.35. The highest BCUT2D eigenvalue weighted by atomic mass is 16.6. The highest BCUT2D eigenvalue weighted by Crippen LogP contribution is 2.22. The van der Waals surface area contributed by atoms with Gasteiger partial charge < -0.3 is 9.64 Å². The maximum Gasteiger partial charge on any atom is 0.410 e. The fourth-order valence-corrected chi connectivity index (χ4v) is 2.02. The van der Waals surface area contributed by atoms with E-state index in [0.29, 0.717) is 5.92 Å². The second-order valence-electron chi connectivity index (χ2n) is 5.65. The first kappa shape index (κ1) is 13.9. The zero-order valence-corrected chi connectivity index (χ0v) is 11.2.